The monoisotopic (exact) mass is 323 g/mol. The molecule has 0 aliphatic carbocycles. The molecule has 0 fully saturated rings. The average Bonchev–Trinajstić information content (AvgIpc) is 2.54. The molecule has 0 aromatic heterocycles. The lowest BCUT2D eigenvalue weighted by Crippen LogP contribution is -2.33. The van der Waals surface area contributed by atoms with Crippen LogP contribution < -0.4 is 0 Å². The highest BCUT2D eigenvalue weighted by Gasteiger charge is 2.43. The minimum atomic E-state index is -4.61. The summed E-state index contributed by atoms with van der Waals surface area (Å²) >= 11 is 0. The molecule has 10 heteroatoms. The summed E-state index contributed by atoms with van der Waals surface area (Å²) in [6.45, 7) is -1.04. The van der Waals surface area contributed by atoms with Gasteiger partial charge in [-0.2, -0.15) is 13.2 Å². The lowest BCUT2D eigenvalue weighted by Gasteiger charge is -2.15. The molecule has 114 valence electrons. The number of alkyl halides is 3. The molecule has 6 nitrogen and oxygen atoms in total. The van der Waals surface area contributed by atoms with E-state index < -0.39 is 45.9 Å². The van der Waals surface area contributed by atoms with E-state index >= 15 is 0 Å². The summed E-state index contributed by atoms with van der Waals surface area (Å²) in [5, 5.41) is 8.79. The van der Waals surface area contributed by atoms with Crippen molar-refractivity contribution in [2.75, 3.05) is 6.54 Å². The lowest BCUT2D eigenvalue weighted by molar-refractivity contribution is -0.134. The summed E-state index contributed by atoms with van der Waals surface area (Å²) in [4.78, 5) is 22.0. The first-order valence-corrected chi connectivity index (χ1v) is 6.99. The molecule has 0 bridgehead atoms. The van der Waals surface area contributed by atoms with Gasteiger partial charge in [0, 0.05) is 6.54 Å². The Morgan fingerprint density at radius 1 is 1.29 bits per heavy atom. The lowest BCUT2D eigenvalue weighted by atomic mass is 10.1. The second-order valence-corrected chi connectivity index (χ2v) is 6.09. The number of hydrogen-bond donors (Lipinski definition) is 1. The van der Waals surface area contributed by atoms with Crippen molar-refractivity contribution in [3.05, 3.63) is 29.3 Å². The van der Waals surface area contributed by atoms with Crippen LogP contribution in [-0.2, 0) is 10.0 Å². The first-order chi connectivity index (χ1) is 9.54. The van der Waals surface area contributed by atoms with E-state index in [4.69, 9.17) is 5.11 Å². The van der Waals surface area contributed by atoms with Gasteiger partial charge in [-0.1, -0.05) is 0 Å². The van der Waals surface area contributed by atoms with Gasteiger partial charge in [-0.3, -0.25) is 4.79 Å². The Bertz CT molecular complexity index is 726. The Balaban J connectivity index is 2.43. The Kier molecular flexibility index (Phi) is 3.44. The molecule has 1 N–H and O–H groups in total. The normalized spacial score (nSPS) is 16.9. The molecule has 0 atom stereocenters. The zero-order chi connectivity index (χ0) is 16.0. The van der Waals surface area contributed by atoms with Gasteiger partial charge in [-0.05, 0) is 18.2 Å². The van der Waals surface area contributed by atoms with Gasteiger partial charge < -0.3 is 5.11 Å². The van der Waals surface area contributed by atoms with Crippen LogP contribution in [0.15, 0.2) is 23.1 Å². The second-order valence-electron chi connectivity index (χ2n) is 4.26. The van der Waals surface area contributed by atoms with Crippen molar-refractivity contribution < 1.29 is 36.3 Å². The van der Waals surface area contributed by atoms with Crippen LogP contribution >= 0.6 is 0 Å². The van der Waals surface area contributed by atoms with Crippen molar-refractivity contribution in [1.82, 2.24) is 4.31 Å². The molecule has 1 aliphatic rings. The molecule has 1 aliphatic heterocycles. The first kappa shape index (κ1) is 15.3. The maximum Gasteiger partial charge on any atom is 0.390 e. The number of carboxylic acid groups (broad SMARTS) is 1. The second kappa shape index (κ2) is 4.72. The molecule has 0 saturated carbocycles. The van der Waals surface area contributed by atoms with Crippen LogP contribution in [0.4, 0.5) is 13.2 Å². The number of sulfonamides is 1. The maximum absolute atomic E-state index is 12.2. The topological polar surface area (TPSA) is 91.8 Å². The van der Waals surface area contributed by atoms with Gasteiger partial charge in [0.25, 0.3) is 15.9 Å². The molecule has 1 aromatic carbocycles. The van der Waals surface area contributed by atoms with Gasteiger partial charge >= 0.3 is 12.1 Å². The fourth-order valence-electron chi connectivity index (χ4n) is 1.86. The van der Waals surface area contributed by atoms with Crippen LogP contribution in [0.1, 0.15) is 27.1 Å². The number of nitrogens with zero attached hydrogens (tertiary/aromatic N) is 1. The molecular weight excluding hydrogens is 315 g/mol. The average molecular weight is 323 g/mol. The molecule has 1 aromatic rings. The number of carboxylic acids is 1. The predicted molar refractivity (Wildman–Crippen MR) is 62.3 cm³/mol. The van der Waals surface area contributed by atoms with E-state index in [0.717, 1.165) is 18.2 Å². The highest BCUT2D eigenvalue weighted by atomic mass is 32.2. The van der Waals surface area contributed by atoms with Crippen LogP contribution in [-0.4, -0.2) is 42.4 Å². The molecule has 0 spiro atoms. The Morgan fingerprint density at radius 3 is 2.43 bits per heavy atom. The fraction of sp³-hybridized carbons (Fsp3) is 0.273. The molecular formula is C11H8F3NO5S. The zero-order valence-electron chi connectivity index (χ0n) is 10.2. The third-order valence-electron chi connectivity index (χ3n) is 2.85. The number of halogens is 3. The van der Waals surface area contributed by atoms with E-state index in [1.165, 1.54) is 0 Å². The van der Waals surface area contributed by atoms with E-state index in [9.17, 15) is 31.2 Å². The summed E-state index contributed by atoms with van der Waals surface area (Å²) in [7, 11) is -4.45. The van der Waals surface area contributed by atoms with Gasteiger partial charge in [0.15, 0.2) is 0 Å². The number of carbonyl (C=O) groups is 2. The number of amides is 1. The van der Waals surface area contributed by atoms with Crippen molar-refractivity contribution in [3.63, 3.8) is 0 Å². The molecule has 0 radical (unpaired) electrons. The summed E-state index contributed by atoms with van der Waals surface area (Å²) in [5.74, 6) is -2.50. The highest BCUT2D eigenvalue weighted by molar-refractivity contribution is 7.90. The van der Waals surface area contributed by atoms with Crippen molar-refractivity contribution >= 4 is 21.9 Å². The predicted octanol–water partition coefficient (Wildman–Crippen LogP) is 1.48. The zero-order valence-corrected chi connectivity index (χ0v) is 11.0. The van der Waals surface area contributed by atoms with Crippen LogP contribution in [0.25, 0.3) is 0 Å². The summed E-state index contributed by atoms with van der Waals surface area (Å²) in [5.41, 5.74) is -0.704. The van der Waals surface area contributed by atoms with E-state index in [1.54, 1.807) is 0 Å². The van der Waals surface area contributed by atoms with Crippen molar-refractivity contribution in [1.29, 1.82) is 0 Å². The standard InChI is InChI=1S/C11H8F3NO5S/c12-11(13,14)3-4-15-9(16)7-2-1-6(10(17)18)5-8(7)21(15,19)20/h1-2,5H,3-4H2,(H,17,18). The summed E-state index contributed by atoms with van der Waals surface area (Å²) in [6, 6.07) is 2.76. The van der Waals surface area contributed by atoms with E-state index in [-0.39, 0.29) is 15.4 Å². The number of hydrogen-bond acceptors (Lipinski definition) is 4. The molecule has 1 amide bonds. The van der Waals surface area contributed by atoms with Gasteiger partial charge in [0.05, 0.1) is 17.5 Å². The minimum absolute atomic E-state index is 0.108. The Hall–Kier alpha value is -2.10. The molecule has 21 heavy (non-hydrogen) atoms. The molecule has 0 unspecified atom stereocenters. The molecule has 1 heterocycles. The van der Waals surface area contributed by atoms with Gasteiger partial charge in [-0.25, -0.2) is 17.5 Å². The third kappa shape index (κ3) is 2.71. The summed E-state index contributed by atoms with van der Waals surface area (Å²) < 4.78 is 60.7. The van der Waals surface area contributed by atoms with Crippen molar-refractivity contribution in [2.24, 2.45) is 0 Å². The number of fused-ring (bicyclic) bond motifs is 1. The number of carbonyl (C=O) groups excluding carboxylic acids is 1. The maximum atomic E-state index is 12.2. The van der Waals surface area contributed by atoms with Crippen molar-refractivity contribution in [2.45, 2.75) is 17.5 Å². The molecule has 2 rings (SSSR count). The van der Waals surface area contributed by atoms with E-state index in [0.29, 0.717) is 0 Å². The van der Waals surface area contributed by atoms with Gasteiger partial charge in [-0.15, -0.1) is 0 Å². The van der Waals surface area contributed by atoms with Crippen molar-refractivity contribution in [3.8, 4) is 0 Å². The quantitative estimate of drug-likeness (QED) is 0.910. The molecule has 0 saturated heterocycles. The van der Waals surface area contributed by atoms with Gasteiger partial charge in [0.1, 0.15) is 4.90 Å². The number of aromatic carboxylic acids is 1. The Morgan fingerprint density at radius 2 is 1.90 bits per heavy atom. The minimum Gasteiger partial charge on any atom is -0.478 e. The van der Waals surface area contributed by atoms with Crippen LogP contribution in [0.2, 0.25) is 0 Å². The number of benzene rings is 1. The third-order valence-corrected chi connectivity index (χ3v) is 4.67. The van der Waals surface area contributed by atoms with Crippen LogP contribution in [0.3, 0.4) is 0 Å². The van der Waals surface area contributed by atoms with E-state index in [1.807, 2.05) is 0 Å². The smallest absolute Gasteiger partial charge is 0.390 e. The first-order valence-electron chi connectivity index (χ1n) is 5.55. The van der Waals surface area contributed by atoms with E-state index in [2.05, 4.69) is 0 Å². The van der Waals surface area contributed by atoms with Crippen LogP contribution in [0.5, 0.6) is 0 Å². The fourth-order valence-corrected chi connectivity index (χ4v) is 3.45. The van der Waals surface area contributed by atoms with Gasteiger partial charge in [0.2, 0.25) is 0 Å². The Labute approximate surface area is 116 Å². The SMILES string of the molecule is O=C(O)c1ccc2c(c1)S(=O)(=O)N(CCC(F)(F)F)C2=O. The highest BCUT2D eigenvalue weighted by Crippen LogP contribution is 2.32. The number of rotatable bonds is 3. The van der Waals surface area contributed by atoms with Crippen LogP contribution in [0, 0.1) is 0 Å². The largest absolute Gasteiger partial charge is 0.478 e. The summed E-state index contributed by atoms with van der Waals surface area (Å²) in [6.07, 6.45) is -6.09.